The van der Waals surface area contributed by atoms with Gasteiger partial charge in [-0.15, -0.1) is 12.8 Å². The van der Waals surface area contributed by atoms with E-state index in [1.165, 1.54) is 0 Å². The summed E-state index contributed by atoms with van der Waals surface area (Å²) in [6.07, 6.45) is 10.9. The highest BCUT2D eigenvalue weighted by atomic mass is 31.1. The van der Waals surface area contributed by atoms with Crippen molar-refractivity contribution < 1.29 is 14.3 Å². The first-order valence-electron chi connectivity index (χ1n) is 14.7. The summed E-state index contributed by atoms with van der Waals surface area (Å²) in [6, 6.07) is 17.6. The van der Waals surface area contributed by atoms with Crippen molar-refractivity contribution in [1.29, 1.82) is 0 Å². The molecule has 2 aromatic rings. The molecule has 1 saturated heterocycles. The highest BCUT2D eigenvalue weighted by molar-refractivity contribution is 7.75. The summed E-state index contributed by atoms with van der Waals surface area (Å²) in [7, 11) is 7.43. The van der Waals surface area contributed by atoms with Gasteiger partial charge in [0.15, 0.2) is 0 Å². The quantitative estimate of drug-likeness (QED) is 0.189. The highest BCUT2D eigenvalue weighted by Crippen LogP contribution is 2.43. The van der Waals surface area contributed by atoms with Crippen LogP contribution < -0.4 is 10.2 Å². The van der Waals surface area contributed by atoms with Gasteiger partial charge < -0.3 is 12.3 Å². The van der Waals surface area contributed by atoms with E-state index in [2.05, 4.69) is 154 Å². The van der Waals surface area contributed by atoms with Crippen LogP contribution in [0.3, 0.4) is 0 Å². The first kappa shape index (κ1) is 39.0. The van der Waals surface area contributed by atoms with Gasteiger partial charge in [0.05, 0.1) is 14.1 Å². The van der Waals surface area contributed by atoms with Gasteiger partial charge in [-0.3, -0.25) is 9.80 Å². The first-order chi connectivity index (χ1) is 20.7. The Kier molecular flexibility index (Phi) is 15.1. The summed E-state index contributed by atoms with van der Waals surface area (Å²) in [5, 5.41) is 1.04. The normalized spacial score (nSPS) is 17.4. The van der Waals surface area contributed by atoms with Crippen LogP contribution in [0.25, 0.3) is 11.1 Å². The van der Waals surface area contributed by atoms with Crippen LogP contribution in [0.15, 0.2) is 48.5 Å². The zero-order valence-corrected chi connectivity index (χ0v) is 30.2. The molecule has 1 heterocycles. The molecule has 0 bridgehead atoms. The van der Waals surface area contributed by atoms with E-state index in [-0.39, 0.29) is 21.7 Å². The van der Waals surface area contributed by atoms with Gasteiger partial charge in [-0.2, -0.15) is 0 Å². The minimum Gasteiger partial charge on any atom is -0.377 e. The number of hydrogen-bond donors (Lipinski definition) is 0. The Hall–Kier alpha value is -4.05. The molecule has 0 saturated carbocycles. The molecule has 45 heavy (non-hydrogen) atoms. The molecule has 254 valence electrons. The molecule has 0 amide bonds. The van der Waals surface area contributed by atoms with Crippen LogP contribution in [0.1, 0.15) is 62.7 Å². The van der Waals surface area contributed by atoms with Gasteiger partial charge in [0.1, 0.15) is 0 Å². The number of para-hydroxylation sites is 1. The number of benzene rings is 2. The maximum absolute atomic E-state index is 5.16. The van der Waals surface area contributed by atoms with E-state index >= 15 is 0 Å². The molecule has 2 atom stereocenters. The number of terminal acetylenes is 2. The van der Waals surface area contributed by atoms with Gasteiger partial charge >= 0.3 is 0 Å². The number of hydrogen-bond acceptors (Lipinski definition) is 3. The zero-order chi connectivity index (χ0) is 33.1. The van der Waals surface area contributed by atoms with Gasteiger partial charge in [0.2, 0.25) is 0 Å². The Morgan fingerprint density at radius 2 is 1.11 bits per heavy atom. The van der Waals surface area contributed by atoms with Crippen molar-refractivity contribution in [2.24, 2.45) is 10.8 Å². The van der Waals surface area contributed by atoms with E-state index < -0.39 is 7.92 Å². The maximum atomic E-state index is 5.16. The van der Waals surface area contributed by atoms with Gasteiger partial charge in [0, 0.05) is 57.0 Å². The standard InChI is InChI=1S/C26H16NP.C14H30N2.CH3.10H2/c1-5-7-9-15-21-28(22-16-10-8-6-2)26-20-14-12-18-24(26)23-17-11-13-19-25(23)27(3)4;1-10-15(8)11(13(2,3)4)12(16(10)9)14(5,6)7;;;;;;;;;;;/h1-2,11-14,17-20H,3-4H3;10-12H,1-9H3;1H3;10*1H/q;;-1;;;;;;;;;;. The van der Waals surface area contributed by atoms with Gasteiger partial charge in [-0.05, 0) is 102 Å². The number of likely N-dealkylation sites (N-methyl/N-ethyl adjacent to an activating group) is 2. The van der Waals surface area contributed by atoms with E-state index in [1.807, 2.05) is 44.4 Å². The number of anilines is 1. The molecule has 1 aliphatic rings. The van der Waals surface area contributed by atoms with Crippen molar-refractivity contribution in [3.05, 3.63) is 56.0 Å². The molecular formula is C41H69N3P-. The van der Waals surface area contributed by atoms with Crippen LogP contribution >= 0.6 is 7.92 Å². The molecule has 0 spiro atoms. The molecule has 3 nitrogen and oxygen atoms in total. The largest absolute Gasteiger partial charge is 0.377 e. The zero-order valence-electron chi connectivity index (χ0n) is 29.3. The van der Waals surface area contributed by atoms with Crippen molar-refractivity contribution in [3.63, 3.8) is 0 Å². The lowest BCUT2D eigenvalue weighted by molar-refractivity contribution is 0.0926. The lowest BCUT2D eigenvalue weighted by Crippen LogP contribution is -2.50. The molecule has 2 aromatic carbocycles. The Morgan fingerprint density at radius 1 is 0.689 bits per heavy atom. The molecule has 0 aliphatic carbocycles. The molecule has 1 fully saturated rings. The smallest absolute Gasteiger partial charge is 0.0838 e. The Bertz CT molecular complexity index is 1590. The summed E-state index contributed by atoms with van der Waals surface area (Å²) < 4.78 is 0. The van der Waals surface area contributed by atoms with Crippen LogP contribution in [0, 0.1) is 89.8 Å². The van der Waals surface area contributed by atoms with Crippen molar-refractivity contribution in [2.75, 3.05) is 33.1 Å². The lowest BCUT2D eigenvalue weighted by atomic mass is 9.73. The van der Waals surface area contributed by atoms with Crippen LogP contribution in [0.4, 0.5) is 5.69 Å². The first-order valence-corrected chi connectivity index (χ1v) is 16.0. The summed E-state index contributed by atoms with van der Waals surface area (Å²) in [5.74, 6) is 20.5. The fourth-order valence-corrected chi connectivity index (χ4v) is 7.11. The van der Waals surface area contributed by atoms with Crippen molar-refractivity contribution in [3.8, 4) is 82.7 Å². The summed E-state index contributed by atoms with van der Waals surface area (Å²) in [5.41, 5.74) is 10.3. The minimum atomic E-state index is -1.15. The third-order valence-corrected chi connectivity index (χ3v) is 9.22. The monoisotopic (exact) mass is 635 g/mol. The summed E-state index contributed by atoms with van der Waals surface area (Å²) in [6.45, 7) is 16.5. The Morgan fingerprint density at radius 3 is 1.53 bits per heavy atom. The van der Waals surface area contributed by atoms with E-state index in [0.29, 0.717) is 29.1 Å². The summed E-state index contributed by atoms with van der Waals surface area (Å²) >= 11 is 0. The third kappa shape index (κ3) is 10.5. The molecule has 2 unspecified atom stereocenters. The van der Waals surface area contributed by atoms with Crippen LogP contribution in [0.2, 0.25) is 0 Å². The number of nitrogens with zero attached hydrogens (tertiary/aromatic N) is 3. The van der Waals surface area contributed by atoms with E-state index in [4.69, 9.17) is 12.8 Å². The van der Waals surface area contributed by atoms with Gasteiger partial charge in [0.25, 0.3) is 0 Å². The van der Waals surface area contributed by atoms with Crippen molar-refractivity contribution >= 4 is 18.9 Å². The fourth-order valence-electron chi connectivity index (χ4n) is 5.81. The van der Waals surface area contributed by atoms with Gasteiger partial charge in [-0.25, -0.2) is 0 Å². The second kappa shape index (κ2) is 17.4. The van der Waals surface area contributed by atoms with Crippen molar-refractivity contribution in [1.82, 2.24) is 9.80 Å². The predicted molar refractivity (Wildman–Crippen MR) is 221 cm³/mol. The third-order valence-electron chi connectivity index (χ3n) is 7.68. The second-order valence-corrected chi connectivity index (χ2v) is 14.7. The maximum Gasteiger partial charge on any atom is 0.0838 e. The van der Waals surface area contributed by atoms with Crippen molar-refractivity contribution in [2.45, 2.75) is 66.7 Å². The molecule has 0 aromatic heterocycles. The van der Waals surface area contributed by atoms with E-state index in [9.17, 15) is 0 Å². The molecular weight excluding hydrogens is 565 g/mol. The van der Waals surface area contributed by atoms with Gasteiger partial charge in [-0.1, -0.05) is 84.0 Å². The average Bonchev–Trinajstić information content (AvgIpc) is 3.21. The topological polar surface area (TPSA) is 9.72 Å². The Balaban J connectivity index is -0.0000000835. The fraction of sp³-hybridized carbons (Fsp3) is 0.390. The second-order valence-electron chi connectivity index (χ2n) is 13.1. The highest BCUT2D eigenvalue weighted by Gasteiger charge is 2.50. The lowest BCUT2D eigenvalue weighted by Gasteiger charge is -2.42. The van der Waals surface area contributed by atoms with Crippen LogP contribution in [-0.2, 0) is 0 Å². The Labute approximate surface area is 292 Å². The molecule has 4 heteroatoms. The SMILES string of the molecule is C#CC#CC#CP(C#CC#CC#C)c1ccccc1-c1ccccc1N(C)C.CC1N(C)C(C(C)(C)C)C(C(C)(C)C)N1C.[CH3-].[HH].[HH].[HH].[HH].[HH].[HH].[HH].[HH].[HH].[HH]. The van der Waals surface area contributed by atoms with E-state index in [0.717, 1.165) is 22.1 Å². The minimum absolute atomic E-state index is 0. The molecule has 3 rings (SSSR count). The molecule has 0 radical (unpaired) electrons. The summed E-state index contributed by atoms with van der Waals surface area (Å²) in [4.78, 5) is 7.16. The molecule has 1 aliphatic heterocycles. The van der Waals surface area contributed by atoms with E-state index in [1.54, 1.807) is 0 Å². The average molecular weight is 635 g/mol. The molecule has 0 N–H and O–H groups in total. The van der Waals surface area contributed by atoms with Crippen LogP contribution in [0.5, 0.6) is 0 Å². The predicted octanol–water partition coefficient (Wildman–Crippen LogP) is 9.67. The number of rotatable bonds is 3. The van der Waals surface area contributed by atoms with Crippen LogP contribution in [-0.4, -0.2) is 56.2 Å².